The van der Waals surface area contributed by atoms with Crippen molar-refractivity contribution < 1.29 is 0 Å². The van der Waals surface area contributed by atoms with E-state index in [1.165, 1.54) is 75.3 Å². The second-order valence-electron chi connectivity index (χ2n) is 9.17. The van der Waals surface area contributed by atoms with Gasteiger partial charge in [0.2, 0.25) is 0 Å². The van der Waals surface area contributed by atoms with Gasteiger partial charge in [0.15, 0.2) is 0 Å². The fraction of sp³-hybridized carbons (Fsp3) is 0.556. The minimum absolute atomic E-state index is 0.794. The third kappa shape index (κ3) is 4.65. The molecular formula is C27H36. The Bertz CT molecular complexity index is 668. The average Bonchev–Trinajstić information content (AvgIpc) is 2.75. The molecule has 0 spiro atoms. The topological polar surface area (TPSA) is 0 Å². The first-order valence-corrected chi connectivity index (χ1v) is 11.5. The molecule has 2 fully saturated rings. The summed E-state index contributed by atoms with van der Waals surface area (Å²) in [6.45, 7) is 2.35. The van der Waals surface area contributed by atoms with E-state index in [0.29, 0.717) is 0 Å². The Hall–Kier alpha value is -1.56. The van der Waals surface area contributed by atoms with Gasteiger partial charge in [-0.15, -0.1) is 0 Å². The zero-order valence-corrected chi connectivity index (χ0v) is 17.1. The minimum Gasteiger partial charge on any atom is -0.0654 e. The summed E-state index contributed by atoms with van der Waals surface area (Å²) in [6, 6.07) is 20.2. The van der Waals surface area contributed by atoms with E-state index in [1.54, 1.807) is 5.56 Å². The molecule has 0 atom stereocenters. The maximum atomic E-state index is 2.39. The zero-order chi connectivity index (χ0) is 18.5. The van der Waals surface area contributed by atoms with Crippen LogP contribution in [0.3, 0.4) is 0 Å². The lowest BCUT2D eigenvalue weighted by Crippen LogP contribution is -2.25. The molecule has 2 saturated carbocycles. The lowest BCUT2D eigenvalue weighted by Gasteiger charge is -2.38. The highest BCUT2D eigenvalue weighted by Crippen LogP contribution is 2.44. The van der Waals surface area contributed by atoms with Gasteiger partial charge in [-0.25, -0.2) is 0 Å². The number of hydrogen-bond donors (Lipinski definition) is 0. The van der Waals surface area contributed by atoms with Crippen LogP contribution in [-0.2, 0) is 0 Å². The van der Waals surface area contributed by atoms with Crippen LogP contribution in [0.5, 0.6) is 0 Å². The number of hydrogen-bond acceptors (Lipinski definition) is 0. The van der Waals surface area contributed by atoms with E-state index in [2.05, 4.69) is 61.5 Å². The maximum absolute atomic E-state index is 2.39. The lowest BCUT2D eigenvalue weighted by molar-refractivity contribution is 0.156. The van der Waals surface area contributed by atoms with Crippen molar-refractivity contribution in [3.63, 3.8) is 0 Å². The van der Waals surface area contributed by atoms with Crippen molar-refractivity contribution in [3.05, 3.63) is 60.2 Å². The quantitative estimate of drug-likeness (QED) is 0.503. The molecule has 0 unspecified atom stereocenters. The molecule has 2 aromatic rings. The molecule has 0 nitrogen and oxygen atoms in total. The molecule has 2 aliphatic rings. The van der Waals surface area contributed by atoms with Gasteiger partial charge < -0.3 is 0 Å². The molecule has 2 aliphatic carbocycles. The zero-order valence-electron chi connectivity index (χ0n) is 17.1. The van der Waals surface area contributed by atoms with Crippen molar-refractivity contribution in [1.29, 1.82) is 0 Å². The summed E-state index contributed by atoms with van der Waals surface area (Å²) in [5.74, 6) is 3.90. The molecule has 0 saturated heterocycles. The Labute approximate surface area is 166 Å². The van der Waals surface area contributed by atoms with E-state index in [-0.39, 0.29) is 0 Å². The van der Waals surface area contributed by atoms with E-state index < -0.39 is 0 Å². The van der Waals surface area contributed by atoms with Crippen molar-refractivity contribution in [1.82, 2.24) is 0 Å². The smallest absolute Gasteiger partial charge is 0.0162 e. The molecule has 4 rings (SSSR count). The predicted octanol–water partition coefficient (Wildman–Crippen LogP) is 8.23. The Morgan fingerprint density at radius 1 is 0.630 bits per heavy atom. The summed E-state index contributed by atoms with van der Waals surface area (Å²) in [7, 11) is 0. The Balaban J connectivity index is 1.29. The fourth-order valence-electron chi connectivity index (χ4n) is 5.86. The molecule has 144 valence electrons. The molecule has 0 radical (unpaired) electrons. The van der Waals surface area contributed by atoms with Crippen LogP contribution >= 0.6 is 0 Å². The third-order valence-corrected chi connectivity index (χ3v) is 7.52. The van der Waals surface area contributed by atoms with Gasteiger partial charge >= 0.3 is 0 Å². The van der Waals surface area contributed by atoms with Crippen molar-refractivity contribution in [2.45, 2.75) is 77.0 Å². The van der Waals surface area contributed by atoms with Gasteiger partial charge in [0, 0.05) is 0 Å². The summed E-state index contributed by atoms with van der Waals surface area (Å²) in [5.41, 5.74) is 4.24. The molecule has 0 heterocycles. The number of rotatable bonds is 5. The predicted molar refractivity (Wildman–Crippen MR) is 117 cm³/mol. The normalized spacial score (nSPS) is 28.8. The summed E-state index contributed by atoms with van der Waals surface area (Å²) in [5, 5.41) is 0. The van der Waals surface area contributed by atoms with Crippen molar-refractivity contribution in [3.8, 4) is 11.1 Å². The maximum Gasteiger partial charge on any atom is -0.0162 e. The van der Waals surface area contributed by atoms with Crippen LogP contribution in [0.4, 0.5) is 0 Å². The minimum atomic E-state index is 0.794. The highest BCUT2D eigenvalue weighted by atomic mass is 14.4. The van der Waals surface area contributed by atoms with E-state index in [4.69, 9.17) is 0 Å². The molecule has 2 aromatic carbocycles. The van der Waals surface area contributed by atoms with Crippen LogP contribution in [0.2, 0.25) is 0 Å². The lowest BCUT2D eigenvalue weighted by atomic mass is 9.68. The van der Waals surface area contributed by atoms with Gasteiger partial charge in [-0.2, -0.15) is 0 Å². The van der Waals surface area contributed by atoms with E-state index in [9.17, 15) is 0 Å². The highest BCUT2D eigenvalue weighted by molar-refractivity contribution is 5.63. The van der Waals surface area contributed by atoms with Gasteiger partial charge in [0.05, 0.1) is 0 Å². The first-order valence-electron chi connectivity index (χ1n) is 11.5. The van der Waals surface area contributed by atoms with Crippen molar-refractivity contribution >= 4 is 0 Å². The van der Waals surface area contributed by atoms with Crippen LogP contribution in [0, 0.1) is 17.8 Å². The Kier molecular flexibility index (Phi) is 6.32. The molecule has 0 aromatic heterocycles. The second-order valence-corrected chi connectivity index (χ2v) is 9.17. The van der Waals surface area contributed by atoms with Crippen LogP contribution in [0.1, 0.15) is 82.6 Å². The van der Waals surface area contributed by atoms with Crippen LogP contribution < -0.4 is 0 Å². The van der Waals surface area contributed by atoms with E-state index >= 15 is 0 Å². The van der Waals surface area contributed by atoms with Gasteiger partial charge in [0.25, 0.3) is 0 Å². The summed E-state index contributed by atoms with van der Waals surface area (Å²) < 4.78 is 0. The third-order valence-electron chi connectivity index (χ3n) is 7.52. The van der Waals surface area contributed by atoms with Crippen LogP contribution in [-0.4, -0.2) is 0 Å². The monoisotopic (exact) mass is 360 g/mol. The summed E-state index contributed by atoms with van der Waals surface area (Å²) in [4.78, 5) is 0. The Morgan fingerprint density at radius 2 is 1.19 bits per heavy atom. The van der Waals surface area contributed by atoms with E-state index in [1.807, 2.05) is 0 Å². The first kappa shape index (κ1) is 18.8. The first-order chi connectivity index (χ1) is 13.3. The Morgan fingerprint density at radius 3 is 1.78 bits per heavy atom. The van der Waals surface area contributed by atoms with E-state index in [0.717, 1.165) is 23.7 Å². The largest absolute Gasteiger partial charge is 0.0654 e. The van der Waals surface area contributed by atoms with Crippen LogP contribution in [0.15, 0.2) is 54.6 Å². The molecule has 0 bridgehead atoms. The molecule has 0 N–H and O–H groups in total. The molecule has 0 amide bonds. The summed E-state index contributed by atoms with van der Waals surface area (Å²) >= 11 is 0. The van der Waals surface area contributed by atoms with Crippen LogP contribution in [0.25, 0.3) is 11.1 Å². The average molecular weight is 361 g/mol. The number of benzene rings is 2. The van der Waals surface area contributed by atoms with Crippen molar-refractivity contribution in [2.75, 3.05) is 0 Å². The van der Waals surface area contributed by atoms with Gasteiger partial charge in [0.1, 0.15) is 0 Å². The second kappa shape index (κ2) is 9.09. The van der Waals surface area contributed by atoms with Gasteiger partial charge in [-0.05, 0) is 78.9 Å². The molecule has 27 heavy (non-hydrogen) atoms. The molecular weight excluding hydrogens is 324 g/mol. The molecule has 0 aliphatic heterocycles. The SMILES string of the molecule is CCCC1CCC(C2CCC(c3ccc(-c4ccccc4)cc3)CC2)CC1. The molecule has 0 heteroatoms. The van der Waals surface area contributed by atoms with Gasteiger partial charge in [-0.3, -0.25) is 0 Å². The summed E-state index contributed by atoms with van der Waals surface area (Å²) in [6.07, 6.45) is 14.7. The standard InChI is InChI=1S/C27H36/c1-2-6-21-9-11-23(12-10-21)25-17-19-27(20-18-25)26-15-13-24(14-16-26)22-7-4-3-5-8-22/h3-5,7-8,13-16,21,23,25,27H,2,6,9-12,17-20H2,1H3. The highest BCUT2D eigenvalue weighted by Gasteiger charge is 2.31. The fourth-order valence-corrected chi connectivity index (χ4v) is 5.86. The van der Waals surface area contributed by atoms with Crippen molar-refractivity contribution in [2.24, 2.45) is 17.8 Å². The van der Waals surface area contributed by atoms with Gasteiger partial charge in [-0.1, -0.05) is 87.2 Å².